The van der Waals surface area contributed by atoms with Gasteiger partial charge in [-0.1, -0.05) is 29.8 Å². The summed E-state index contributed by atoms with van der Waals surface area (Å²) in [5.74, 6) is 0.201. The topological polar surface area (TPSA) is 58.5 Å². The highest BCUT2D eigenvalue weighted by Gasteiger charge is 2.11. The number of hydrogen-bond donors (Lipinski definition) is 1. The number of nitrogens with zero attached hydrogens (tertiary/aromatic N) is 1. The smallest absolute Gasteiger partial charge is 0.200 e. The molecule has 16 heavy (non-hydrogen) atoms. The first-order valence-electron chi connectivity index (χ1n) is 4.72. The molecule has 0 aliphatic rings. The van der Waals surface area contributed by atoms with Crippen molar-refractivity contribution < 1.29 is 8.42 Å². The maximum absolute atomic E-state index is 11.7. The Kier molecular flexibility index (Phi) is 4.49. The van der Waals surface area contributed by atoms with Gasteiger partial charge >= 0.3 is 0 Å². The number of halogens is 1. The zero-order valence-electron chi connectivity index (χ0n) is 9.01. The Bertz CT molecular complexity index is 466. The van der Waals surface area contributed by atoms with Crippen LogP contribution in [0.2, 0.25) is 0 Å². The molecule has 0 bridgehead atoms. The summed E-state index contributed by atoms with van der Waals surface area (Å²) in [6.07, 6.45) is 1.54. The second-order valence-electron chi connectivity index (χ2n) is 3.57. The molecule has 1 rings (SSSR count). The van der Waals surface area contributed by atoms with E-state index < -0.39 is 10.0 Å². The van der Waals surface area contributed by atoms with Crippen molar-refractivity contribution in [2.45, 2.75) is 18.7 Å². The molecule has 0 aromatic heterocycles. The average molecular weight is 305 g/mol. The van der Waals surface area contributed by atoms with Gasteiger partial charge in [0.25, 0.3) is 10.0 Å². The standard InChI is InChI=1S/C10H13BrN2O2S/c1-8(2)7-12-13-16(14,15)10-5-3-9(11)4-6-10/h3-8,13H,1-2H3. The molecule has 0 saturated carbocycles. The Hall–Kier alpha value is -0.880. The molecule has 0 amide bonds. The van der Waals surface area contributed by atoms with E-state index in [2.05, 4.69) is 25.9 Å². The zero-order valence-corrected chi connectivity index (χ0v) is 11.4. The van der Waals surface area contributed by atoms with Crippen LogP contribution in [0, 0.1) is 5.92 Å². The van der Waals surface area contributed by atoms with Crippen molar-refractivity contribution in [3.63, 3.8) is 0 Å². The Labute approximate surface area is 104 Å². The highest BCUT2D eigenvalue weighted by molar-refractivity contribution is 9.10. The monoisotopic (exact) mass is 304 g/mol. The molecule has 0 radical (unpaired) electrons. The predicted molar refractivity (Wildman–Crippen MR) is 67.8 cm³/mol. The minimum atomic E-state index is -3.54. The quantitative estimate of drug-likeness (QED) is 0.686. The Morgan fingerprint density at radius 3 is 2.38 bits per heavy atom. The van der Waals surface area contributed by atoms with Crippen molar-refractivity contribution in [3.8, 4) is 0 Å². The van der Waals surface area contributed by atoms with Crippen molar-refractivity contribution >= 4 is 32.2 Å². The van der Waals surface area contributed by atoms with Crippen molar-refractivity contribution in [3.05, 3.63) is 28.7 Å². The second-order valence-corrected chi connectivity index (χ2v) is 6.15. The van der Waals surface area contributed by atoms with Crippen LogP contribution in [0.15, 0.2) is 38.7 Å². The molecule has 0 fully saturated rings. The van der Waals surface area contributed by atoms with E-state index in [9.17, 15) is 8.42 Å². The molecule has 0 heterocycles. The number of hydrazone groups is 1. The molecule has 0 spiro atoms. The molecule has 1 N–H and O–H groups in total. The van der Waals surface area contributed by atoms with Crippen LogP contribution in [0.4, 0.5) is 0 Å². The predicted octanol–water partition coefficient (Wildman–Crippen LogP) is 2.37. The lowest BCUT2D eigenvalue weighted by molar-refractivity contribution is 0.584. The van der Waals surface area contributed by atoms with E-state index in [1.807, 2.05) is 13.8 Å². The normalized spacial score (nSPS) is 12.2. The van der Waals surface area contributed by atoms with E-state index in [0.29, 0.717) is 0 Å². The molecule has 0 aliphatic carbocycles. The second kappa shape index (κ2) is 5.45. The molecule has 0 aliphatic heterocycles. The van der Waals surface area contributed by atoms with Gasteiger partial charge in [0.15, 0.2) is 0 Å². The summed E-state index contributed by atoms with van der Waals surface area (Å²) >= 11 is 3.24. The van der Waals surface area contributed by atoms with Crippen LogP contribution in [0.1, 0.15) is 13.8 Å². The molecule has 88 valence electrons. The summed E-state index contributed by atoms with van der Waals surface area (Å²) in [5.41, 5.74) is 0. The zero-order chi connectivity index (χ0) is 12.2. The Morgan fingerprint density at radius 1 is 1.31 bits per heavy atom. The maximum Gasteiger partial charge on any atom is 0.276 e. The van der Waals surface area contributed by atoms with E-state index >= 15 is 0 Å². The third kappa shape index (κ3) is 3.94. The van der Waals surface area contributed by atoms with Crippen molar-refractivity contribution in [2.75, 3.05) is 0 Å². The summed E-state index contributed by atoms with van der Waals surface area (Å²) in [5, 5.41) is 3.67. The third-order valence-electron chi connectivity index (χ3n) is 1.67. The third-order valence-corrected chi connectivity index (χ3v) is 3.44. The van der Waals surface area contributed by atoms with Gasteiger partial charge in [-0.25, -0.2) is 4.83 Å². The van der Waals surface area contributed by atoms with Crippen molar-refractivity contribution in [2.24, 2.45) is 11.0 Å². The van der Waals surface area contributed by atoms with Crippen LogP contribution in [-0.2, 0) is 10.0 Å². The van der Waals surface area contributed by atoms with E-state index in [-0.39, 0.29) is 10.8 Å². The molecule has 1 aromatic rings. The highest BCUT2D eigenvalue weighted by atomic mass is 79.9. The number of benzene rings is 1. The van der Waals surface area contributed by atoms with Crippen LogP contribution in [0.3, 0.4) is 0 Å². The van der Waals surface area contributed by atoms with Gasteiger partial charge in [0.1, 0.15) is 0 Å². The molecule has 0 saturated heterocycles. The minimum absolute atomic E-state index is 0.191. The molecule has 4 nitrogen and oxygen atoms in total. The maximum atomic E-state index is 11.7. The van der Waals surface area contributed by atoms with Gasteiger partial charge in [-0.3, -0.25) is 0 Å². The molecular formula is C10H13BrN2O2S. The number of sulfonamides is 1. The summed E-state index contributed by atoms with van der Waals surface area (Å²) in [7, 11) is -3.54. The summed E-state index contributed by atoms with van der Waals surface area (Å²) in [6.45, 7) is 3.83. The summed E-state index contributed by atoms with van der Waals surface area (Å²) < 4.78 is 24.2. The van der Waals surface area contributed by atoms with E-state index in [0.717, 1.165) is 4.47 Å². The average Bonchev–Trinajstić information content (AvgIpc) is 2.17. The Balaban J connectivity index is 2.82. The molecular weight excluding hydrogens is 292 g/mol. The summed E-state index contributed by atoms with van der Waals surface area (Å²) in [4.78, 5) is 2.34. The largest absolute Gasteiger partial charge is 0.276 e. The van der Waals surface area contributed by atoms with Crippen LogP contribution >= 0.6 is 15.9 Å². The van der Waals surface area contributed by atoms with Crippen LogP contribution in [-0.4, -0.2) is 14.6 Å². The molecule has 0 atom stereocenters. The lowest BCUT2D eigenvalue weighted by Gasteiger charge is -2.03. The summed E-state index contributed by atoms with van der Waals surface area (Å²) in [6, 6.07) is 6.36. The fraction of sp³-hybridized carbons (Fsp3) is 0.300. The minimum Gasteiger partial charge on any atom is -0.200 e. The lowest BCUT2D eigenvalue weighted by atomic mass is 10.3. The first-order valence-corrected chi connectivity index (χ1v) is 7.00. The number of rotatable bonds is 4. The first kappa shape index (κ1) is 13.2. The lowest BCUT2D eigenvalue weighted by Crippen LogP contribution is -2.18. The van der Waals surface area contributed by atoms with Gasteiger partial charge in [0, 0.05) is 10.7 Å². The van der Waals surface area contributed by atoms with Gasteiger partial charge < -0.3 is 0 Å². The van der Waals surface area contributed by atoms with Gasteiger partial charge in [0.05, 0.1) is 4.90 Å². The van der Waals surface area contributed by atoms with Gasteiger partial charge in [-0.15, -0.1) is 0 Å². The van der Waals surface area contributed by atoms with Crippen LogP contribution in [0.25, 0.3) is 0 Å². The van der Waals surface area contributed by atoms with Crippen molar-refractivity contribution in [1.29, 1.82) is 0 Å². The fourth-order valence-electron chi connectivity index (χ4n) is 0.915. The fourth-order valence-corrected chi connectivity index (χ4v) is 1.98. The van der Waals surface area contributed by atoms with Gasteiger partial charge in [-0.05, 0) is 30.2 Å². The van der Waals surface area contributed by atoms with Crippen molar-refractivity contribution in [1.82, 2.24) is 4.83 Å². The highest BCUT2D eigenvalue weighted by Crippen LogP contribution is 2.14. The van der Waals surface area contributed by atoms with Crippen LogP contribution < -0.4 is 4.83 Å². The van der Waals surface area contributed by atoms with E-state index in [1.165, 1.54) is 18.3 Å². The van der Waals surface area contributed by atoms with Gasteiger partial charge in [-0.2, -0.15) is 13.5 Å². The van der Waals surface area contributed by atoms with Crippen LogP contribution in [0.5, 0.6) is 0 Å². The molecule has 6 heteroatoms. The molecule has 1 aromatic carbocycles. The Morgan fingerprint density at radius 2 is 1.88 bits per heavy atom. The SMILES string of the molecule is CC(C)C=NNS(=O)(=O)c1ccc(Br)cc1. The first-order chi connectivity index (χ1) is 7.42. The molecule has 0 unspecified atom stereocenters. The number of nitrogens with one attached hydrogen (secondary N) is 1. The van der Waals surface area contributed by atoms with E-state index in [1.54, 1.807) is 12.1 Å². The number of hydrogen-bond acceptors (Lipinski definition) is 3. The van der Waals surface area contributed by atoms with E-state index in [4.69, 9.17) is 0 Å². The van der Waals surface area contributed by atoms with Gasteiger partial charge in [0.2, 0.25) is 0 Å².